The second-order valence-electron chi connectivity index (χ2n) is 6.71. The molecule has 8 heteroatoms. The summed E-state index contributed by atoms with van der Waals surface area (Å²) in [7, 11) is -1.33. The molecule has 0 N–H and O–H groups in total. The third kappa shape index (κ3) is 5.42. The number of aromatic nitrogens is 2. The first kappa shape index (κ1) is 18.1. The van der Waals surface area contributed by atoms with E-state index < -0.39 is 16.4 Å². The van der Waals surface area contributed by atoms with Crippen LogP contribution in [0.1, 0.15) is 32.9 Å². The van der Waals surface area contributed by atoms with Gasteiger partial charge >= 0.3 is 6.09 Å². The van der Waals surface area contributed by atoms with Crippen LogP contribution in [0.3, 0.4) is 0 Å². The van der Waals surface area contributed by atoms with Gasteiger partial charge in [0.05, 0.1) is 10.8 Å². The second-order valence-corrected chi connectivity index (χ2v) is 8.48. The summed E-state index contributed by atoms with van der Waals surface area (Å²) in [6, 6.07) is 1.63. The molecule has 2 atom stereocenters. The van der Waals surface area contributed by atoms with Crippen molar-refractivity contribution in [3.8, 4) is 0 Å². The summed E-state index contributed by atoms with van der Waals surface area (Å²) in [4.78, 5) is 21.9. The molecule has 0 bridgehead atoms. The lowest BCUT2D eigenvalue weighted by Gasteiger charge is -2.24. The van der Waals surface area contributed by atoms with E-state index >= 15 is 0 Å². The summed E-state index contributed by atoms with van der Waals surface area (Å²) >= 11 is 5.88. The van der Waals surface area contributed by atoms with E-state index in [9.17, 15) is 9.00 Å². The minimum absolute atomic E-state index is 0.145. The van der Waals surface area contributed by atoms with Gasteiger partial charge in [0.15, 0.2) is 0 Å². The predicted molar refractivity (Wildman–Crippen MR) is 89.0 cm³/mol. The molecule has 0 aromatic carbocycles. The quantitative estimate of drug-likeness (QED) is 0.613. The summed E-state index contributed by atoms with van der Waals surface area (Å²) in [5.74, 6) is 0.560. The van der Waals surface area contributed by atoms with Gasteiger partial charge in [-0.1, -0.05) is 11.6 Å². The maximum Gasteiger partial charge on any atom is 0.410 e. The topological polar surface area (TPSA) is 72.4 Å². The fourth-order valence-electron chi connectivity index (χ4n) is 2.36. The largest absolute Gasteiger partial charge is 0.444 e. The van der Waals surface area contributed by atoms with Crippen molar-refractivity contribution in [3.63, 3.8) is 0 Å². The lowest BCUT2D eigenvalue weighted by molar-refractivity contribution is 0.0289. The first-order valence-electron chi connectivity index (χ1n) is 7.51. The number of hydrogen-bond donors (Lipinski definition) is 0. The second kappa shape index (κ2) is 7.13. The number of nitrogens with zero attached hydrogens (tertiary/aromatic N) is 3. The Morgan fingerprint density at radius 2 is 2.17 bits per heavy atom. The molecule has 1 amide bonds. The van der Waals surface area contributed by atoms with Gasteiger partial charge in [0.2, 0.25) is 5.16 Å². The fraction of sp³-hybridized carbons (Fsp3) is 0.667. The highest BCUT2D eigenvalue weighted by Gasteiger charge is 2.31. The minimum atomic E-state index is -1.33. The fourth-order valence-corrected chi connectivity index (χ4v) is 3.94. The first-order chi connectivity index (χ1) is 10.6. The zero-order valence-electron chi connectivity index (χ0n) is 13.8. The van der Waals surface area contributed by atoms with Crippen LogP contribution in [0, 0.1) is 12.8 Å². The van der Waals surface area contributed by atoms with Gasteiger partial charge in [-0.2, -0.15) is 0 Å². The van der Waals surface area contributed by atoms with Crippen molar-refractivity contribution in [3.05, 3.63) is 16.9 Å². The Balaban J connectivity index is 1.92. The van der Waals surface area contributed by atoms with E-state index in [-0.39, 0.29) is 17.2 Å². The van der Waals surface area contributed by atoms with Crippen LogP contribution < -0.4 is 0 Å². The Kier molecular flexibility index (Phi) is 5.62. The van der Waals surface area contributed by atoms with Crippen molar-refractivity contribution in [1.82, 2.24) is 14.9 Å². The summed E-state index contributed by atoms with van der Waals surface area (Å²) in [6.45, 7) is 8.46. The van der Waals surface area contributed by atoms with Crippen LogP contribution in [-0.2, 0) is 15.5 Å². The third-order valence-electron chi connectivity index (χ3n) is 3.33. The zero-order valence-corrected chi connectivity index (χ0v) is 15.4. The number of likely N-dealkylation sites (tertiary alicyclic amines) is 1. The highest BCUT2D eigenvalue weighted by atomic mass is 35.5. The van der Waals surface area contributed by atoms with E-state index in [0.29, 0.717) is 29.7 Å². The highest BCUT2D eigenvalue weighted by molar-refractivity contribution is 7.84. The van der Waals surface area contributed by atoms with Gasteiger partial charge in [0.25, 0.3) is 0 Å². The molecule has 0 unspecified atom stereocenters. The van der Waals surface area contributed by atoms with Crippen LogP contribution in [0.25, 0.3) is 0 Å². The summed E-state index contributed by atoms with van der Waals surface area (Å²) in [5.41, 5.74) is 0.180. The molecule has 1 aliphatic rings. The molecule has 23 heavy (non-hydrogen) atoms. The van der Waals surface area contributed by atoms with Crippen LogP contribution in [0.4, 0.5) is 4.79 Å². The molecule has 2 rings (SSSR count). The van der Waals surface area contributed by atoms with Gasteiger partial charge < -0.3 is 9.64 Å². The van der Waals surface area contributed by atoms with Gasteiger partial charge in [0.1, 0.15) is 10.8 Å². The Bertz CT molecular complexity index is 598. The van der Waals surface area contributed by atoms with Gasteiger partial charge in [-0.05, 0) is 46.1 Å². The van der Waals surface area contributed by atoms with Gasteiger partial charge in [0, 0.05) is 24.5 Å². The molecule has 1 aliphatic heterocycles. The average Bonchev–Trinajstić information content (AvgIpc) is 2.84. The lowest BCUT2D eigenvalue weighted by Crippen LogP contribution is -2.35. The number of amides is 1. The van der Waals surface area contributed by atoms with Crippen molar-refractivity contribution in [1.29, 1.82) is 0 Å². The number of ether oxygens (including phenoxy) is 1. The van der Waals surface area contributed by atoms with Crippen molar-refractivity contribution in [2.75, 3.05) is 18.8 Å². The molecule has 0 aliphatic carbocycles. The van der Waals surface area contributed by atoms with Crippen molar-refractivity contribution < 1.29 is 13.7 Å². The molecule has 2 heterocycles. The van der Waals surface area contributed by atoms with Crippen molar-refractivity contribution in [2.45, 2.75) is 44.9 Å². The molecule has 0 spiro atoms. The third-order valence-corrected chi connectivity index (χ3v) is 4.89. The molecular formula is C15H22ClN3O3S. The highest BCUT2D eigenvalue weighted by Crippen LogP contribution is 2.21. The van der Waals surface area contributed by atoms with Gasteiger partial charge in [-0.25, -0.2) is 14.8 Å². The Morgan fingerprint density at radius 1 is 1.48 bits per heavy atom. The van der Waals surface area contributed by atoms with Gasteiger partial charge in [-0.15, -0.1) is 0 Å². The van der Waals surface area contributed by atoms with E-state index in [1.165, 1.54) is 0 Å². The Hall–Kier alpha value is -1.21. The smallest absolute Gasteiger partial charge is 0.410 e. The van der Waals surface area contributed by atoms with E-state index in [0.717, 1.165) is 6.42 Å². The van der Waals surface area contributed by atoms with E-state index in [2.05, 4.69) is 9.97 Å². The van der Waals surface area contributed by atoms with Crippen molar-refractivity contribution >= 4 is 28.5 Å². The molecule has 6 nitrogen and oxygen atoms in total. The first-order valence-corrected chi connectivity index (χ1v) is 9.21. The molecular weight excluding hydrogens is 338 g/mol. The monoisotopic (exact) mass is 359 g/mol. The SMILES string of the molecule is Cc1cc(Cl)nc([S@@](=O)C[C@H]2CCN(C(=O)OC(C)(C)C)C2)n1. The van der Waals surface area contributed by atoms with Crippen LogP contribution in [-0.4, -0.2) is 49.6 Å². The Labute approximate surface area is 144 Å². The molecule has 128 valence electrons. The van der Waals surface area contributed by atoms with E-state index in [1.54, 1.807) is 17.9 Å². The van der Waals surface area contributed by atoms with Crippen LogP contribution >= 0.6 is 11.6 Å². The maximum atomic E-state index is 12.4. The zero-order chi connectivity index (χ0) is 17.2. The predicted octanol–water partition coefficient (Wildman–Crippen LogP) is 2.80. The lowest BCUT2D eigenvalue weighted by atomic mass is 10.2. The van der Waals surface area contributed by atoms with E-state index in [1.807, 2.05) is 20.8 Å². The van der Waals surface area contributed by atoms with Crippen molar-refractivity contribution in [2.24, 2.45) is 5.92 Å². The van der Waals surface area contributed by atoms with Gasteiger partial charge in [-0.3, -0.25) is 4.21 Å². The van der Waals surface area contributed by atoms with E-state index in [4.69, 9.17) is 16.3 Å². The number of carbonyl (C=O) groups is 1. The summed E-state index contributed by atoms with van der Waals surface area (Å²) < 4.78 is 17.8. The average molecular weight is 360 g/mol. The molecule has 0 radical (unpaired) electrons. The number of hydrogen-bond acceptors (Lipinski definition) is 5. The van der Waals surface area contributed by atoms with Crippen LogP contribution in [0.5, 0.6) is 0 Å². The molecule has 0 saturated carbocycles. The standard InChI is InChI=1S/C15H22ClN3O3S/c1-10-7-12(16)18-13(17-10)23(21)9-11-5-6-19(8-11)14(20)22-15(2,3)4/h7,11H,5-6,8-9H2,1-4H3/t11-,23-/m0/s1. The number of halogens is 1. The molecule has 1 saturated heterocycles. The van der Waals surface area contributed by atoms with Crippen LogP contribution in [0.15, 0.2) is 11.2 Å². The number of rotatable bonds is 3. The number of aryl methyl sites for hydroxylation is 1. The van der Waals surface area contributed by atoms with Crippen LogP contribution in [0.2, 0.25) is 5.15 Å². The Morgan fingerprint density at radius 3 is 2.78 bits per heavy atom. The minimum Gasteiger partial charge on any atom is -0.444 e. The molecule has 1 aromatic heterocycles. The maximum absolute atomic E-state index is 12.4. The molecule has 1 aromatic rings. The normalized spacial score (nSPS) is 19.7. The number of carbonyl (C=O) groups excluding carboxylic acids is 1. The summed E-state index contributed by atoms with van der Waals surface area (Å²) in [6.07, 6.45) is 0.477. The molecule has 1 fully saturated rings. The summed E-state index contributed by atoms with van der Waals surface area (Å²) in [5, 5.41) is 0.549.